The Balaban J connectivity index is 1.80. The van der Waals surface area contributed by atoms with E-state index in [1.165, 1.54) is 174 Å². The topological polar surface area (TPSA) is 65.2 Å². The molecule has 0 spiro atoms. The molecule has 1 aliphatic rings. The minimum absolute atomic E-state index is 0.0580. The first kappa shape index (κ1) is 56.1. The average molecular weight is 920 g/mol. The number of phenols is 2. The maximum atomic E-state index is 11.4. The quantitative estimate of drug-likeness (QED) is 0.0436. The van der Waals surface area contributed by atoms with Crippen molar-refractivity contribution in [3.8, 4) is 11.5 Å². The Hall–Kier alpha value is -2.27. The molecule has 0 heterocycles. The van der Waals surface area contributed by atoms with Gasteiger partial charge in [0, 0.05) is 23.6 Å². The zero-order chi connectivity index (χ0) is 47.2. The molecule has 6 nitrogen and oxygen atoms in total. The van der Waals surface area contributed by atoms with Gasteiger partial charge in [0.15, 0.2) is 0 Å². The summed E-state index contributed by atoms with van der Waals surface area (Å²) in [6.45, 7) is 38.9. The Morgan fingerprint density at radius 2 is 0.766 bits per heavy atom. The second-order valence-electron chi connectivity index (χ2n) is 22.0. The number of rotatable bonds is 32. The number of benzene rings is 2. The number of unbranched alkanes of at least 4 members (excludes halogenated alkanes) is 6. The Morgan fingerprint density at radius 3 is 1.05 bits per heavy atom. The van der Waals surface area contributed by atoms with E-state index in [-0.39, 0.29) is 12.1 Å². The van der Waals surface area contributed by atoms with Crippen molar-refractivity contribution in [1.82, 2.24) is 0 Å². The molecular formula is C56H102N4O2Si2+2. The van der Waals surface area contributed by atoms with Crippen molar-refractivity contribution in [3.05, 3.63) is 46.5 Å². The largest absolute Gasteiger partial charge is 0.507 e. The monoisotopic (exact) mass is 919 g/mol. The number of aromatic hydroxyl groups is 2. The van der Waals surface area contributed by atoms with Crippen LogP contribution < -0.4 is 10.4 Å². The standard InChI is InChI=1S/C56H100N4O2Si2/c1-13-19-31-59(32-20-14-2,33-21-15-3)37-27-39-63(9,10)51-41-47(7)55(61)49(43-51)45-57-53-29-25-26-30-54(53)58-46-50-44-52(42-48(8)56(50)62)64(11,12)40-28-38-60(34-22-16-4,35-23-17-5)36-24-18-6/h41-46,53-54H,13-40H2,1-12H3/p+2/t53-,54-/m0/s1. The van der Waals surface area contributed by atoms with Gasteiger partial charge in [-0.15, -0.1) is 0 Å². The summed E-state index contributed by atoms with van der Waals surface area (Å²) in [5.74, 6) is 0.720. The number of hydrogen-bond donors (Lipinski definition) is 2. The molecule has 2 N–H and O–H groups in total. The molecule has 3 rings (SSSR count). The van der Waals surface area contributed by atoms with E-state index in [1.807, 2.05) is 12.4 Å². The highest BCUT2D eigenvalue weighted by Gasteiger charge is 2.32. The highest BCUT2D eigenvalue weighted by molar-refractivity contribution is 6.90. The molecule has 2 atom stereocenters. The Morgan fingerprint density at radius 1 is 0.484 bits per heavy atom. The summed E-state index contributed by atoms with van der Waals surface area (Å²) >= 11 is 0. The minimum Gasteiger partial charge on any atom is -0.507 e. The lowest BCUT2D eigenvalue weighted by atomic mass is 9.91. The first-order chi connectivity index (χ1) is 30.5. The van der Waals surface area contributed by atoms with Gasteiger partial charge >= 0.3 is 0 Å². The lowest BCUT2D eigenvalue weighted by molar-refractivity contribution is -0.928. The second-order valence-corrected chi connectivity index (χ2v) is 31.7. The molecule has 2 aromatic carbocycles. The molecule has 64 heavy (non-hydrogen) atoms. The van der Waals surface area contributed by atoms with Crippen molar-refractivity contribution in [2.45, 2.75) is 221 Å². The third-order valence-corrected chi connectivity index (χ3v) is 22.4. The van der Waals surface area contributed by atoms with Crippen LogP contribution in [-0.4, -0.2) is 112 Å². The van der Waals surface area contributed by atoms with E-state index < -0.39 is 16.1 Å². The average Bonchev–Trinajstić information content (AvgIpc) is 3.27. The van der Waals surface area contributed by atoms with Gasteiger partial charge in [-0.05, 0) is 101 Å². The van der Waals surface area contributed by atoms with Crippen LogP contribution in [0, 0.1) is 13.8 Å². The molecule has 364 valence electrons. The second kappa shape index (κ2) is 28.2. The lowest BCUT2D eigenvalue weighted by Gasteiger charge is -2.40. The third-order valence-electron chi connectivity index (χ3n) is 15.5. The maximum Gasteiger partial charge on any atom is 0.127 e. The fourth-order valence-corrected chi connectivity index (χ4v) is 15.7. The van der Waals surface area contributed by atoms with Crippen molar-refractivity contribution in [3.63, 3.8) is 0 Å². The first-order valence-corrected chi connectivity index (χ1v) is 33.4. The van der Waals surface area contributed by atoms with Gasteiger partial charge in [-0.1, -0.05) is 154 Å². The van der Waals surface area contributed by atoms with Crippen molar-refractivity contribution in [2.24, 2.45) is 9.98 Å². The van der Waals surface area contributed by atoms with E-state index >= 15 is 0 Å². The van der Waals surface area contributed by atoms with Gasteiger partial charge in [0.05, 0.1) is 80.6 Å². The van der Waals surface area contributed by atoms with E-state index in [2.05, 4.69) is 106 Å². The molecule has 1 aliphatic carbocycles. The number of aliphatic imine (C=N–C) groups is 2. The number of phenolic OH excluding ortho intramolecular Hbond substituents is 2. The molecule has 0 radical (unpaired) electrons. The van der Waals surface area contributed by atoms with Crippen molar-refractivity contribution >= 4 is 39.0 Å². The van der Waals surface area contributed by atoms with Crippen LogP contribution in [-0.2, 0) is 0 Å². The predicted molar refractivity (Wildman–Crippen MR) is 289 cm³/mol. The predicted octanol–water partition coefficient (Wildman–Crippen LogP) is 13.6. The summed E-state index contributed by atoms with van der Waals surface area (Å²) in [5, 5.41) is 25.6. The van der Waals surface area contributed by atoms with Gasteiger partial charge in [0.1, 0.15) is 11.5 Å². The first-order valence-electron chi connectivity index (χ1n) is 27.0. The summed E-state index contributed by atoms with van der Waals surface area (Å²) in [5.41, 5.74) is 3.62. The summed E-state index contributed by atoms with van der Waals surface area (Å²) in [6, 6.07) is 11.7. The van der Waals surface area contributed by atoms with Crippen LogP contribution in [0.1, 0.15) is 179 Å². The minimum atomic E-state index is -1.78. The fourth-order valence-electron chi connectivity index (χ4n) is 10.7. The van der Waals surface area contributed by atoms with E-state index in [0.29, 0.717) is 11.5 Å². The van der Waals surface area contributed by atoms with Crippen LogP contribution in [0.15, 0.2) is 34.3 Å². The van der Waals surface area contributed by atoms with Crippen LogP contribution >= 0.6 is 0 Å². The van der Waals surface area contributed by atoms with E-state index in [9.17, 15) is 10.2 Å². The van der Waals surface area contributed by atoms with E-state index in [4.69, 9.17) is 9.98 Å². The van der Waals surface area contributed by atoms with Crippen LogP contribution in [0.2, 0.25) is 38.3 Å². The van der Waals surface area contributed by atoms with Crippen molar-refractivity contribution in [1.29, 1.82) is 0 Å². The molecule has 0 bridgehead atoms. The van der Waals surface area contributed by atoms with Crippen molar-refractivity contribution < 1.29 is 19.2 Å². The number of aryl methyl sites for hydroxylation is 2. The molecule has 1 fully saturated rings. The van der Waals surface area contributed by atoms with E-state index in [1.54, 1.807) is 0 Å². The number of hydrogen-bond acceptors (Lipinski definition) is 4. The molecule has 2 aromatic rings. The van der Waals surface area contributed by atoms with E-state index in [0.717, 1.165) is 47.9 Å². The van der Waals surface area contributed by atoms with Crippen LogP contribution in [0.4, 0.5) is 0 Å². The molecule has 8 heteroatoms. The zero-order valence-corrected chi connectivity index (χ0v) is 46.1. The van der Waals surface area contributed by atoms with Gasteiger partial charge in [-0.2, -0.15) is 0 Å². The highest BCUT2D eigenvalue weighted by Crippen LogP contribution is 2.29. The Bertz CT molecular complexity index is 1540. The van der Waals surface area contributed by atoms with Gasteiger partial charge in [0.2, 0.25) is 0 Å². The third kappa shape index (κ3) is 17.4. The summed E-state index contributed by atoms with van der Waals surface area (Å²) in [6.07, 6.45) is 26.4. The number of quaternary nitrogens is 2. The zero-order valence-electron chi connectivity index (χ0n) is 44.1. The highest BCUT2D eigenvalue weighted by atomic mass is 28.3. The van der Waals surface area contributed by atoms with Crippen LogP contribution in [0.5, 0.6) is 11.5 Å². The molecule has 1 saturated carbocycles. The van der Waals surface area contributed by atoms with Gasteiger partial charge in [-0.25, -0.2) is 0 Å². The molecule has 0 aromatic heterocycles. The summed E-state index contributed by atoms with van der Waals surface area (Å²) in [4.78, 5) is 10.4. The van der Waals surface area contributed by atoms with Crippen LogP contribution in [0.3, 0.4) is 0 Å². The molecule has 0 aliphatic heterocycles. The van der Waals surface area contributed by atoms with Gasteiger partial charge < -0.3 is 19.2 Å². The summed E-state index contributed by atoms with van der Waals surface area (Å²) in [7, 11) is -3.56. The number of nitrogens with zero attached hydrogens (tertiary/aromatic N) is 4. The summed E-state index contributed by atoms with van der Waals surface area (Å²) < 4.78 is 2.61. The van der Waals surface area contributed by atoms with Gasteiger partial charge in [-0.3, -0.25) is 9.98 Å². The lowest BCUT2D eigenvalue weighted by Crippen LogP contribution is -2.51. The fraction of sp³-hybridized carbons (Fsp3) is 0.750. The Labute approximate surface area is 398 Å². The maximum absolute atomic E-state index is 11.4. The van der Waals surface area contributed by atoms with Crippen molar-refractivity contribution in [2.75, 3.05) is 52.4 Å². The molecule has 0 unspecified atom stereocenters. The Kier molecular flexibility index (Phi) is 24.7. The SMILES string of the molecule is CCCC[N+](CCCC)(CCCC)CCC[Si](C)(C)c1cc(C)c(O)c(C=N[C@H]2CCCC[C@@H]2N=Cc2cc([Si](C)(C)CCC[N+](CCCC)(CCCC)CCCC)cc(C)c2O)c1. The van der Waals surface area contributed by atoms with Gasteiger partial charge in [0.25, 0.3) is 0 Å². The molecule has 0 amide bonds. The molecule has 0 saturated heterocycles. The molecular weight excluding hydrogens is 817 g/mol. The van der Waals surface area contributed by atoms with Crippen LogP contribution in [0.25, 0.3) is 0 Å². The normalized spacial score (nSPS) is 16.8. The smallest absolute Gasteiger partial charge is 0.127 e.